The van der Waals surface area contributed by atoms with Gasteiger partial charge in [-0.2, -0.15) is 0 Å². The molecule has 0 bridgehead atoms. The summed E-state index contributed by atoms with van der Waals surface area (Å²) in [5.41, 5.74) is 1.47. The van der Waals surface area contributed by atoms with Crippen LogP contribution in [0.1, 0.15) is 51.7 Å². The number of nitrogens with one attached hydrogen (secondary N) is 2. The van der Waals surface area contributed by atoms with Crippen LogP contribution in [-0.2, 0) is 35.1 Å². The third-order valence-electron chi connectivity index (χ3n) is 7.22. The highest BCUT2D eigenvalue weighted by atomic mass is 35.5. The Kier molecular flexibility index (Phi) is 13.5. The number of rotatable bonds is 7. The Morgan fingerprint density at radius 3 is 2.31 bits per heavy atom. The van der Waals surface area contributed by atoms with Crippen molar-refractivity contribution in [1.29, 1.82) is 0 Å². The Morgan fingerprint density at radius 1 is 1.00 bits per heavy atom. The van der Waals surface area contributed by atoms with E-state index in [1.54, 1.807) is 13.0 Å². The van der Waals surface area contributed by atoms with Crippen molar-refractivity contribution in [3.05, 3.63) is 81.9 Å². The van der Waals surface area contributed by atoms with Gasteiger partial charge in [-0.1, -0.05) is 99.5 Å². The van der Waals surface area contributed by atoms with Crippen molar-refractivity contribution < 1.29 is 33.8 Å². The number of benzene rings is 2. The number of esters is 2. The van der Waals surface area contributed by atoms with E-state index in [-0.39, 0.29) is 53.4 Å². The number of ether oxygens (including phenoxy) is 2. The molecule has 3 N–H and O–H groups in total. The topological polar surface area (TPSA) is 131 Å². The predicted octanol–water partition coefficient (Wildman–Crippen LogP) is 5.66. The van der Waals surface area contributed by atoms with Crippen LogP contribution in [0.3, 0.4) is 0 Å². The van der Waals surface area contributed by atoms with Crippen LogP contribution in [0.25, 0.3) is 6.08 Å². The second kappa shape index (κ2) is 17.0. The molecule has 0 fully saturated rings. The fourth-order valence-electron chi connectivity index (χ4n) is 4.59. The van der Waals surface area contributed by atoms with Crippen molar-refractivity contribution >= 4 is 53.0 Å². The van der Waals surface area contributed by atoms with Gasteiger partial charge in [0.15, 0.2) is 11.9 Å². The first-order valence-electron chi connectivity index (χ1n) is 14.9. The number of halogens is 2. The maximum Gasteiger partial charge on any atom is 0.347 e. The van der Waals surface area contributed by atoms with E-state index >= 15 is 0 Å². The lowest BCUT2D eigenvalue weighted by Gasteiger charge is -2.26. The van der Waals surface area contributed by atoms with Gasteiger partial charge in [0, 0.05) is 25.3 Å². The molecule has 45 heavy (non-hydrogen) atoms. The molecule has 9 nitrogen and oxygen atoms in total. The van der Waals surface area contributed by atoms with Crippen LogP contribution in [0, 0.1) is 17.8 Å². The smallest absolute Gasteiger partial charge is 0.347 e. The van der Waals surface area contributed by atoms with Gasteiger partial charge in [-0.3, -0.25) is 14.4 Å². The van der Waals surface area contributed by atoms with Crippen LogP contribution in [0.2, 0.25) is 10.0 Å². The number of phenolic OH excluding ortho intramolecular Hbond substituents is 1. The average molecular weight is 660 g/mol. The molecule has 11 heteroatoms. The molecule has 1 aliphatic rings. The molecule has 3 rings (SSSR count). The van der Waals surface area contributed by atoms with Gasteiger partial charge in [0.25, 0.3) is 0 Å². The SMILES string of the molecule is CC(C)C[C@@H]1OC(=O)[C@H](C)CNC(=O)C(Cc2cc(Cl)c(O)c(Cl)c2)NC(=O)/C=C/CC([C@H](C)/C=C/c2ccccc2)OC1=O. The zero-order chi connectivity index (χ0) is 33.1. The summed E-state index contributed by atoms with van der Waals surface area (Å²) in [5, 5.41) is 15.3. The molecular formula is C34H40Cl2N2O7. The molecule has 0 spiro atoms. The number of hydrogen-bond donors (Lipinski definition) is 3. The number of phenols is 1. The van der Waals surface area contributed by atoms with Gasteiger partial charge in [-0.15, -0.1) is 0 Å². The minimum atomic E-state index is -1.14. The lowest BCUT2D eigenvalue weighted by Crippen LogP contribution is -2.49. The first-order chi connectivity index (χ1) is 21.3. The summed E-state index contributed by atoms with van der Waals surface area (Å²) in [5.74, 6) is -3.79. The highest BCUT2D eigenvalue weighted by Crippen LogP contribution is 2.33. The monoisotopic (exact) mass is 658 g/mol. The van der Waals surface area contributed by atoms with Crippen LogP contribution < -0.4 is 10.6 Å². The first kappa shape index (κ1) is 35.7. The van der Waals surface area contributed by atoms with E-state index in [2.05, 4.69) is 10.6 Å². The lowest BCUT2D eigenvalue weighted by molar-refractivity contribution is -0.175. The molecule has 0 aromatic heterocycles. The van der Waals surface area contributed by atoms with Gasteiger partial charge in [-0.25, -0.2) is 4.79 Å². The fraction of sp³-hybridized carbons (Fsp3) is 0.412. The maximum absolute atomic E-state index is 13.4. The number of cyclic esters (lactones) is 2. The summed E-state index contributed by atoms with van der Waals surface area (Å²) < 4.78 is 11.6. The van der Waals surface area contributed by atoms with Crippen molar-refractivity contribution in [3.8, 4) is 5.75 Å². The zero-order valence-electron chi connectivity index (χ0n) is 25.8. The quantitative estimate of drug-likeness (QED) is 0.327. The predicted molar refractivity (Wildman–Crippen MR) is 174 cm³/mol. The Labute approximate surface area is 274 Å². The van der Waals surface area contributed by atoms with E-state index in [4.69, 9.17) is 32.7 Å². The van der Waals surface area contributed by atoms with Crippen molar-refractivity contribution in [2.45, 2.75) is 65.2 Å². The molecule has 5 atom stereocenters. The standard InChI is InChI=1S/C34H40Cl2N2O7/c1-20(2)15-29-34(43)44-28(21(3)13-14-23-9-6-5-7-10-23)11-8-12-30(39)38-27(32(41)37-19-22(4)33(42)45-29)18-24-16-25(35)31(40)26(36)17-24/h5-10,12-14,16-17,20-22,27-29,40H,11,15,18-19H2,1-4H3,(H,37,41)(H,38,39)/b12-8+,14-13+/t21-,22-,27?,28?,29+/m1/s1. The van der Waals surface area contributed by atoms with Crippen molar-refractivity contribution in [3.63, 3.8) is 0 Å². The van der Waals surface area contributed by atoms with E-state index < -0.39 is 47.9 Å². The van der Waals surface area contributed by atoms with Crippen molar-refractivity contribution in [2.24, 2.45) is 17.8 Å². The normalized spacial score (nSPS) is 23.6. The van der Waals surface area contributed by atoms with E-state index in [0.29, 0.717) is 5.56 Å². The number of amides is 2. The maximum atomic E-state index is 13.4. The highest BCUT2D eigenvalue weighted by Gasteiger charge is 2.32. The summed E-state index contributed by atoms with van der Waals surface area (Å²) in [6.45, 7) is 7.16. The molecular weight excluding hydrogens is 619 g/mol. The molecule has 2 aromatic carbocycles. The summed E-state index contributed by atoms with van der Waals surface area (Å²) in [4.78, 5) is 52.6. The lowest BCUT2D eigenvalue weighted by atomic mass is 9.99. The molecule has 2 amide bonds. The third-order valence-corrected chi connectivity index (χ3v) is 7.80. The minimum Gasteiger partial charge on any atom is -0.505 e. The van der Waals surface area contributed by atoms with Gasteiger partial charge < -0.3 is 25.2 Å². The third kappa shape index (κ3) is 11.2. The molecule has 242 valence electrons. The van der Waals surface area contributed by atoms with Gasteiger partial charge in [0.1, 0.15) is 12.1 Å². The second-order valence-corrected chi connectivity index (χ2v) is 12.4. The Balaban J connectivity index is 1.91. The fourth-order valence-corrected chi connectivity index (χ4v) is 5.13. The average Bonchev–Trinajstić information content (AvgIpc) is 2.99. The van der Waals surface area contributed by atoms with E-state index in [1.807, 2.05) is 63.3 Å². The molecule has 2 aromatic rings. The van der Waals surface area contributed by atoms with E-state index in [9.17, 15) is 24.3 Å². The molecule has 0 aliphatic carbocycles. The number of hydrogen-bond acceptors (Lipinski definition) is 7. The summed E-state index contributed by atoms with van der Waals surface area (Å²) in [7, 11) is 0. The Morgan fingerprint density at radius 2 is 1.67 bits per heavy atom. The Bertz CT molecular complexity index is 1390. The van der Waals surface area contributed by atoms with Crippen LogP contribution in [0.4, 0.5) is 0 Å². The van der Waals surface area contributed by atoms with Gasteiger partial charge in [-0.05, 0) is 41.7 Å². The zero-order valence-corrected chi connectivity index (χ0v) is 27.3. The van der Waals surface area contributed by atoms with Crippen LogP contribution in [0.5, 0.6) is 5.75 Å². The van der Waals surface area contributed by atoms with Crippen molar-refractivity contribution in [2.75, 3.05) is 6.54 Å². The van der Waals surface area contributed by atoms with Crippen molar-refractivity contribution in [1.82, 2.24) is 10.6 Å². The molecule has 1 heterocycles. The Hall–Kier alpha value is -3.82. The van der Waals surface area contributed by atoms with E-state index in [0.717, 1.165) is 5.56 Å². The van der Waals surface area contributed by atoms with Gasteiger partial charge in [0.2, 0.25) is 11.8 Å². The number of carbonyl (C=O) groups is 4. The van der Waals surface area contributed by atoms with Crippen LogP contribution in [0.15, 0.2) is 60.7 Å². The van der Waals surface area contributed by atoms with Crippen LogP contribution in [-0.4, -0.2) is 53.7 Å². The minimum absolute atomic E-state index is 0.000629. The van der Waals surface area contributed by atoms with E-state index in [1.165, 1.54) is 18.2 Å². The summed E-state index contributed by atoms with van der Waals surface area (Å²) >= 11 is 12.1. The molecule has 0 saturated carbocycles. The summed E-state index contributed by atoms with van der Waals surface area (Å²) in [6.07, 6.45) is 5.31. The molecule has 2 unspecified atom stereocenters. The molecule has 1 aliphatic heterocycles. The van der Waals surface area contributed by atoms with Gasteiger partial charge in [0.05, 0.1) is 16.0 Å². The highest BCUT2D eigenvalue weighted by molar-refractivity contribution is 6.37. The van der Waals surface area contributed by atoms with Crippen LogP contribution >= 0.6 is 23.2 Å². The van der Waals surface area contributed by atoms with Gasteiger partial charge >= 0.3 is 11.9 Å². The summed E-state index contributed by atoms with van der Waals surface area (Å²) in [6, 6.07) is 11.5. The molecule has 0 radical (unpaired) electrons. The molecule has 0 saturated heterocycles. The number of carbonyl (C=O) groups excluding carboxylic acids is 4. The second-order valence-electron chi connectivity index (χ2n) is 11.6. The largest absolute Gasteiger partial charge is 0.505 e. The first-order valence-corrected chi connectivity index (χ1v) is 15.7. The number of aromatic hydroxyl groups is 1.